The molecule has 0 saturated heterocycles. The number of benzene rings is 1. The number of hydrogen-bond acceptors (Lipinski definition) is 2. The van der Waals surface area contributed by atoms with Crippen molar-refractivity contribution >= 4 is 29.6 Å². The number of rotatable bonds is 7. The monoisotopic (exact) mass is 273 g/mol. The van der Waals surface area contributed by atoms with Crippen LogP contribution in [0.3, 0.4) is 0 Å². The van der Waals surface area contributed by atoms with Gasteiger partial charge in [0.05, 0.1) is 6.61 Å². The Hall–Kier alpha value is -1.03. The molecule has 1 amide bonds. The molecule has 0 unspecified atom stereocenters. The molecule has 3 nitrogen and oxygen atoms in total. The van der Waals surface area contributed by atoms with E-state index >= 15 is 0 Å². The summed E-state index contributed by atoms with van der Waals surface area (Å²) in [6.45, 7) is 4.30. The van der Waals surface area contributed by atoms with Crippen LogP contribution in [0.4, 0.5) is 0 Å². The molecule has 1 aromatic rings. The maximum absolute atomic E-state index is 10.3. The highest BCUT2D eigenvalue weighted by Crippen LogP contribution is 2.28. The van der Waals surface area contributed by atoms with Gasteiger partial charge >= 0.3 is 0 Å². The van der Waals surface area contributed by atoms with Gasteiger partial charge in [-0.1, -0.05) is 35.3 Å². The minimum absolute atomic E-state index is 0.317. The lowest BCUT2D eigenvalue weighted by molar-refractivity contribution is -0.110. The highest BCUT2D eigenvalue weighted by atomic mass is 35.5. The van der Waals surface area contributed by atoms with Crippen LogP contribution < -0.4 is 5.32 Å². The lowest BCUT2D eigenvalue weighted by Crippen LogP contribution is -2.22. The molecule has 1 atom stereocenters. The summed E-state index contributed by atoms with van der Waals surface area (Å²) in [6, 6.07) is 5.16. The zero-order chi connectivity index (χ0) is 12.7. The molecule has 1 aromatic carbocycles. The van der Waals surface area contributed by atoms with E-state index in [9.17, 15) is 4.79 Å². The maximum atomic E-state index is 10.3. The highest BCUT2D eigenvalue weighted by Gasteiger charge is 2.14. The van der Waals surface area contributed by atoms with Gasteiger partial charge in [-0.05, 0) is 12.1 Å². The first-order valence-electron chi connectivity index (χ1n) is 5.03. The molecular formula is C12H13Cl2NO2. The molecule has 0 aliphatic carbocycles. The highest BCUT2D eigenvalue weighted by molar-refractivity contribution is 6.35. The van der Waals surface area contributed by atoms with Crippen LogP contribution in [-0.2, 0) is 9.53 Å². The first-order valence-corrected chi connectivity index (χ1v) is 5.79. The number of nitrogens with one attached hydrogen (secondary N) is 1. The summed E-state index contributed by atoms with van der Waals surface area (Å²) in [4.78, 5) is 10.3. The van der Waals surface area contributed by atoms with E-state index < -0.39 is 0 Å². The van der Waals surface area contributed by atoms with Gasteiger partial charge in [-0.15, -0.1) is 6.58 Å². The quantitative estimate of drug-likeness (QED) is 0.613. The molecule has 0 fully saturated rings. The minimum Gasteiger partial charge on any atom is -0.368 e. The Morgan fingerprint density at radius 3 is 2.82 bits per heavy atom. The van der Waals surface area contributed by atoms with Gasteiger partial charge in [0, 0.05) is 22.2 Å². The Balaban J connectivity index is 2.85. The fourth-order valence-corrected chi connectivity index (χ4v) is 1.89. The summed E-state index contributed by atoms with van der Waals surface area (Å²) in [6.07, 6.45) is 1.94. The Bertz CT molecular complexity index is 384. The van der Waals surface area contributed by atoms with Gasteiger partial charge in [0.25, 0.3) is 0 Å². The number of carbonyl (C=O) groups is 1. The average Bonchev–Trinajstić information content (AvgIpc) is 2.30. The van der Waals surface area contributed by atoms with Crippen molar-refractivity contribution in [3.63, 3.8) is 0 Å². The molecule has 0 saturated carbocycles. The van der Waals surface area contributed by atoms with E-state index in [2.05, 4.69) is 11.9 Å². The largest absolute Gasteiger partial charge is 0.368 e. The number of carbonyl (C=O) groups excluding carboxylic acids is 1. The molecular weight excluding hydrogens is 261 g/mol. The van der Waals surface area contributed by atoms with E-state index in [4.69, 9.17) is 27.9 Å². The number of amides is 1. The van der Waals surface area contributed by atoms with Crippen molar-refractivity contribution in [1.29, 1.82) is 0 Å². The summed E-state index contributed by atoms with van der Waals surface area (Å²) < 4.78 is 5.53. The maximum Gasteiger partial charge on any atom is 0.207 e. The number of ether oxygens (including phenoxy) is 1. The summed E-state index contributed by atoms with van der Waals surface area (Å²) in [5, 5.41) is 3.64. The van der Waals surface area contributed by atoms with E-state index in [0.717, 1.165) is 5.56 Å². The third-order valence-corrected chi connectivity index (χ3v) is 2.67. The SMILES string of the molecule is C=CCO[C@@H](CNC=O)c1ccc(Cl)cc1Cl. The number of hydrogen-bond donors (Lipinski definition) is 1. The van der Waals surface area contributed by atoms with Gasteiger partial charge in [0.2, 0.25) is 6.41 Å². The predicted molar refractivity (Wildman–Crippen MR) is 69.4 cm³/mol. The summed E-state index contributed by atoms with van der Waals surface area (Å²) in [5.41, 5.74) is 0.785. The van der Waals surface area contributed by atoms with Crippen molar-refractivity contribution in [2.45, 2.75) is 6.10 Å². The van der Waals surface area contributed by atoms with Crippen molar-refractivity contribution in [1.82, 2.24) is 5.32 Å². The van der Waals surface area contributed by atoms with Gasteiger partial charge in [-0.2, -0.15) is 0 Å². The summed E-state index contributed by atoms with van der Waals surface area (Å²) in [5.74, 6) is 0. The first-order chi connectivity index (χ1) is 8.19. The van der Waals surface area contributed by atoms with E-state index in [0.29, 0.717) is 29.6 Å². The second kappa shape index (κ2) is 7.33. The Labute approximate surface area is 110 Å². The van der Waals surface area contributed by atoms with Crippen LogP contribution >= 0.6 is 23.2 Å². The van der Waals surface area contributed by atoms with E-state index in [1.807, 2.05) is 0 Å². The van der Waals surface area contributed by atoms with Gasteiger partial charge < -0.3 is 10.1 Å². The molecule has 1 rings (SSSR count). The Morgan fingerprint density at radius 2 is 2.24 bits per heavy atom. The van der Waals surface area contributed by atoms with Gasteiger partial charge in [0.15, 0.2) is 0 Å². The van der Waals surface area contributed by atoms with E-state index in [1.165, 1.54) is 0 Å². The standard InChI is InChI=1S/C12H13Cl2NO2/c1-2-5-17-12(7-15-8-16)10-4-3-9(13)6-11(10)14/h2-4,6,8,12H,1,5,7H2,(H,15,16)/t12-/m0/s1. The lowest BCUT2D eigenvalue weighted by Gasteiger charge is -2.18. The van der Waals surface area contributed by atoms with Crippen LogP contribution in [0.25, 0.3) is 0 Å². The fourth-order valence-electron chi connectivity index (χ4n) is 1.36. The Kier molecular flexibility index (Phi) is 6.05. The second-order valence-electron chi connectivity index (χ2n) is 3.30. The van der Waals surface area contributed by atoms with Crippen LogP contribution in [-0.4, -0.2) is 19.6 Å². The molecule has 92 valence electrons. The number of halogens is 2. The smallest absolute Gasteiger partial charge is 0.207 e. The molecule has 0 spiro atoms. The van der Waals surface area contributed by atoms with Crippen LogP contribution in [0.2, 0.25) is 10.0 Å². The molecule has 17 heavy (non-hydrogen) atoms. The van der Waals surface area contributed by atoms with Crippen molar-refractivity contribution in [3.8, 4) is 0 Å². The zero-order valence-corrected chi connectivity index (χ0v) is 10.7. The third kappa shape index (κ3) is 4.38. The summed E-state index contributed by atoms with van der Waals surface area (Å²) in [7, 11) is 0. The van der Waals surface area contributed by atoms with Crippen molar-refractivity contribution in [2.75, 3.05) is 13.2 Å². The molecule has 0 heterocycles. The molecule has 0 radical (unpaired) electrons. The van der Waals surface area contributed by atoms with Gasteiger partial charge in [0.1, 0.15) is 6.10 Å². The van der Waals surface area contributed by atoms with Crippen molar-refractivity contribution < 1.29 is 9.53 Å². The third-order valence-electron chi connectivity index (χ3n) is 2.11. The molecule has 0 aliphatic rings. The van der Waals surface area contributed by atoms with Crippen LogP contribution in [0.1, 0.15) is 11.7 Å². The van der Waals surface area contributed by atoms with E-state index in [-0.39, 0.29) is 6.10 Å². The van der Waals surface area contributed by atoms with E-state index in [1.54, 1.807) is 24.3 Å². The van der Waals surface area contributed by atoms with Crippen molar-refractivity contribution in [3.05, 3.63) is 46.5 Å². The zero-order valence-electron chi connectivity index (χ0n) is 9.16. The predicted octanol–water partition coefficient (Wildman–Crippen LogP) is 2.98. The van der Waals surface area contributed by atoms with Crippen molar-refractivity contribution in [2.24, 2.45) is 0 Å². The van der Waals surface area contributed by atoms with Crippen LogP contribution in [0, 0.1) is 0 Å². The minimum atomic E-state index is -0.317. The van der Waals surface area contributed by atoms with Crippen LogP contribution in [0.15, 0.2) is 30.9 Å². The molecule has 0 aromatic heterocycles. The average molecular weight is 274 g/mol. The molecule has 0 bridgehead atoms. The topological polar surface area (TPSA) is 38.3 Å². The Morgan fingerprint density at radius 1 is 1.47 bits per heavy atom. The van der Waals surface area contributed by atoms with Crippen LogP contribution in [0.5, 0.6) is 0 Å². The fraction of sp³-hybridized carbons (Fsp3) is 0.250. The molecule has 5 heteroatoms. The second-order valence-corrected chi connectivity index (χ2v) is 4.15. The first kappa shape index (κ1) is 14.0. The molecule has 0 aliphatic heterocycles. The van der Waals surface area contributed by atoms with Gasteiger partial charge in [-0.3, -0.25) is 4.79 Å². The normalized spacial score (nSPS) is 11.9. The lowest BCUT2D eigenvalue weighted by atomic mass is 10.1. The summed E-state index contributed by atoms with van der Waals surface area (Å²) >= 11 is 11.9. The van der Waals surface area contributed by atoms with Gasteiger partial charge in [-0.25, -0.2) is 0 Å². The molecule has 1 N–H and O–H groups in total.